The van der Waals surface area contributed by atoms with Crippen LogP contribution in [0, 0.1) is 17.3 Å². The van der Waals surface area contributed by atoms with E-state index in [1.54, 1.807) is 0 Å². The highest BCUT2D eigenvalue weighted by atomic mass is 14.6. The molecule has 1 aliphatic rings. The van der Waals surface area contributed by atoms with Gasteiger partial charge in [0.15, 0.2) is 0 Å². The van der Waals surface area contributed by atoms with Gasteiger partial charge in [-0.2, -0.15) is 0 Å². The monoisotopic (exact) mass is 186 g/mol. The summed E-state index contributed by atoms with van der Waals surface area (Å²) < 4.78 is 0. The minimum Gasteiger partial charge on any atom is -0.0800 e. The molecule has 74 valence electrons. The van der Waals surface area contributed by atoms with E-state index in [2.05, 4.69) is 63.3 Å². The van der Waals surface area contributed by atoms with Crippen molar-refractivity contribution in [3.8, 4) is 0 Å². The first-order valence-electron chi connectivity index (χ1n) is 5.35. The first kappa shape index (κ1) is 9.51. The van der Waals surface area contributed by atoms with Crippen LogP contribution in [0.1, 0.15) is 26.3 Å². The summed E-state index contributed by atoms with van der Waals surface area (Å²) in [4.78, 5) is 0. The summed E-state index contributed by atoms with van der Waals surface area (Å²) in [5.74, 6) is 1.60. The van der Waals surface area contributed by atoms with Crippen LogP contribution in [0.3, 0.4) is 0 Å². The number of hydrogen-bond donors (Lipinski definition) is 0. The maximum absolute atomic E-state index is 2.36. The Hall–Kier alpha value is -1.04. The molecule has 0 bridgehead atoms. The van der Waals surface area contributed by atoms with Crippen molar-refractivity contribution in [2.75, 3.05) is 0 Å². The molecule has 0 radical (unpaired) electrons. The third kappa shape index (κ3) is 1.61. The van der Waals surface area contributed by atoms with E-state index in [0.717, 1.165) is 11.8 Å². The highest BCUT2D eigenvalue weighted by Crippen LogP contribution is 2.58. The molecule has 0 saturated heterocycles. The van der Waals surface area contributed by atoms with Gasteiger partial charge in [-0.05, 0) is 22.8 Å². The molecule has 0 heteroatoms. The number of benzene rings is 1. The van der Waals surface area contributed by atoms with Gasteiger partial charge in [0, 0.05) is 0 Å². The van der Waals surface area contributed by atoms with E-state index in [9.17, 15) is 0 Å². The number of allylic oxidation sites excluding steroid dienone is 1. The Morgan fingerprint density at radius 3 is 2.21 bits per heavy atom. The van der Waals surface area contributed by atoms with Gasteiger partial charge in [0.05, 0.1) is 0 Å². The second-order valence-corrected chi connectivity index (χ2v) is 4.91. The lowest BCUT2D eigenvalue weighted by Crippen LogP contribution is -1.86. The molecule has 0 nitrogen and oxygen atoms in total. The van der Waals surface area contributed by atoms with E-state index in [1.807, 2.05) is 0 Å². The smallest absolute Gasteiger partial charge is 0.0145 e. The fraction of sp³-hybridized carbons (Fsp3) is 0.429. The molecule has 0 aliphatic heterocycles. The van der Waals surface area contributed by atoms with Gasteiger partial charge < -0.3 is 0 Å². The molecule has 1 aromatic rings. The standard InChI is InChI=1S/C14H18/c1-11-13(14(11,2)3)10-9-12-7-5-4-6-8-12/h4-11,13H,1-3H3. The van der Waals surface area contributed by atoms with Crippen LogP contribution in [0.5, 0.6) is 0 Å². The van der Waals surface area contributed by atoms with Crippen LogP contribution >= 0.6 is 0 Å². The third-order valence-electron chi connectivity index (χ3n) is 3.76. The molecule has 2 atom stereocenters. The molecule has 1 saturated carbocycles. The van der Waals surface area contributed by atoms with Gasteiger partial charge in [-0.3, -0.25) is 0 Å². The van der Waals surface area contributed by atoms with Crippen LogP contribution in [-0.4, -0.2) is 0 Å². The van der Waals surface area contributed by atoms with Gasteiger partial charge in [-0.15, -0.1) is 0 Å². The van der Waals surface area contributed by atoms with Crippen LogP contribution in [-0.2, 0) is 0 Å². The molecule has 0 N–H and O–H groups in total. The Labute approximate surface area is 86.7 Å². The fourth-order valence-electron chi connectivity index (χ4n) is 2.13. The third-order valence-corrected chi connectivity index (χ3v) is 3.76. The van der Waals surface area contributed by atoms with Crippen molar-refractivity contribution >= 4 is 6.08 Å². The van der Waals surface area contributed by atoms with Gasteiger partial charge in [0.1, 0.15) is 0 Å². The summed E-state index contributed by atoms with van der Waals surface area (Å²) in [5.41, 5.74) is 1.83. The van der Waals surface area contributed by atoms with Crippen LogP contribution in [0.25, 0.3) is 6.08 Å². The second-order valence-electron chi connectivity index (χ2n) is 4.91. The Morgan fingerprint density at radius 1 is 1.14 bits per heavy atom. The highest BCUT2D eigenvalue weighted by Gasteiger charge is 2.52. The first-order valence-corrected chi connectivity index (χ1v) is 5.35. The van der Waals surface area contributed by atoms with E-state index in [0.29, 0.717) is 5.41 Å². The van der Waals surface area contributed by atoms with Crippen LogP contribution in [0.4, 0.5) is 0 Å². The quantitative estimate of drug-likeness (QED) is 0.655. The Kier molecular flexibility index (Phi) is 2.22. The van der Waals surface area contributed by atoms with E-state index >= 15 is 0 Å². The summed E-state index contributed by atoms with van der Waals surface area (Å²) in [6, 6.07) is 10.5. The number of hydrogen-bond acceptors (Lipinski definition) is 0. The Morgan fingerprint density at radius 2 is 1.71 bits per heavy atom. The summed E-state index contributed by atoms with van der Waals surface area (Å²) in [6.07, 6.45) is 4.61. The normalized spacial score (nSPS) is 29.4. The van der Waals surface area contributed by atoms with Crippen molar-refractivity contribution in [2.24, 2.45) is 17.3 Å². The van der Waals surface area contributed by atoms with Gasteiger partial charge in [-0.25, -0.2) is 0 Å². The molecule has 2 unspecified atom stereocenters. The van der Waals surface area contributed by atoms with Gasteiger partial charge >= 0.3 is 0 Å². The van der Waals surface area contributed by atoms with Crippen molar-refractivity contribution in [1.29, 1.82) is 0 Å². The molecule has 0 spiro atoms. The van der Waals surface area contributed by atoms with Crippen LogP contribution < -0.4 is 0 Å². The van der Waals surface area contributed by atoms with Crippen LogP contribution in [0.15, 0.2) is 36.4 Å². The molecule has 2 rings (SSSR count). The molecule has 0 heterocycles. The van der Waals surface area contributed by atoms with Gasteiger partial charge in [0.25, 0.3) is 0 Å². The molecular weight excluding hydrogens is 168 g/mol. The van der Waals surface area contributed by atoms with Gasteiger partial charge in [0.2, 0.25) is 0 Å². The summed E-state index contributed by atoms with van der Waals surface area (Å²) >= 11 is 0. The fourth-order valence-corrected chi connectivity index (χ4v) is 2.13. The maximum Gasteiger partial charge on any atom is -0.0145 e. The largest absolute Gasteiger partial charge is 0.0800 e. The van der Waals surface area contributed by atoms with Crippen molar-refractivity contribution in [1.82, 2.24) is 0 Å². The number of rotatable bonds is 2. The molecule has 0 amide bonds. The van der Waals surface area contributed by atoms with E-state index in [1.165, 1.54) is 5.56 Å². The molecule has 0 aromatic heterocycles. The molecule has 14 heavy (non-hydrogen) atoms. The topological polar surface area (TPSA) is 0 Å². The minimum atomic E-state index is 0.519. The molecule has 1 aliphatic carbocycles. The Balaban J connectivity index is 2.03. The lowest BCUT2D eigenvalue weighted by Gasteiger charge is -1.96. The van der Waals surface area contributed by atoms with E-state index < -0.39 is 0 Å². The predicted molar refractivity (Wildman–Crippen MR) is 61.9 cm³/mol. The van der Waals surface area contributed by atoms with Crippen molar-refractivity contribution in [3.63, 3.8) is 0 Å². The predicted octanol–water partition coefficient (Wildman–Crippen LogP) is 3.99. The zero-order chi connectivity index (χ0) is 10.2. The van der Waals surface area contributed by atoms with Crippen LogP contribution in [0.2, 0.25) is 0 Å². The average Bonchev–Trinajstić information content (AvgIpc) is 2.65. The summed E-state index contributed by atoms with van der Waals surface area (Å²) in [7, 11) is 0. The van der Waals surface area contributed by atoms with Gasteiger partial charge in [-0.1, -0.05) is 63.3 Å². The zero-order valence-corrected chi connectivity index (χ0v) is 9.20. The lowest BCUT2D eigenvalue weighted by molar-refractivity contribution is 0.570. The lowest BCUT2D eigenvalue weighted by atomic mass is 10.1. The van der Waals surface area contributed by atoms with E-state index in [4.69, 9.17) is 0 Å². The van der Waals surface area contributed by atoms with Crippen molar-refractivity contribution in [3.05, 3.63) is 42.0 Å². The molecular formula is C14H18. The zero-order valence-electron chi connectivity index (χ0n) is 9.20. The minimum absolute atomic E-state index is 0.519. The first-order chi connectivity index (χ1) is 6.62. The van der Waals surface area contributed by atoms with Crippen molar-refractivity contribution in [2.45, 2.75) is 20.8 Å². The SMILES string of the molecule is CC1C(C=Cc2ccccc2)C1(C)C. The van der Waals surface area contributed by atoms with Crippen molar-refractivity contribution < 1.29 is 0 Å². The average molecular weight is 186 g/mol. The summed E-state index contributed by atoms with van der Waals surface area (Å²) in [5, 5.41) is 0. The maximum atomic E-state index is 2.36. The summed E-state index contributed by atoms with van der Waals surface area (Å²) in [6.45, 7) is 7.02. The highest BCUT2D eigenvalue weighted by molar-refractivity contribution is 5.50. The second kappa shape index (κ2) is 3.27. The molecule has 1 fully saturated rings. The Bertz CT molecular complexity index is 332. The van der Waals surface area contributed by atoms with E-state index in [-0.39, 0.29) is 0 Å². The molecule has 1 aromatic carbocycles.